The Bertz CT molecular complexity index is 740. The number of para-hydroxylation sites is 2. The Morgan fingerprint density at radius 3 is 1.33 bits per heavy atom. The van der Waals surface area contributed by atoms with E-state index < -0.39 is 0 Å². The molecule has 0 atom stereocenters. The van der Waals surface area contributed by atoms with Gasteiger partial charge in [0.25, 0.3) is 11.8 Å². The molecule has 2 aromatic rings. The number of likely N-dealkylation sites (N-methyl/N-ethyl adjacent to an activating group) is 2. The SMILES string of the molecule is CC.CC.CN1CCNc2ccccc2C1=O.CN1CCNc2ccccc2C1=O. The van der Waals surface area contributed by atoms with Gasteiger partial charge < -0.3 is 20.4 Å². The van der Waals surface area contributed by atoms with Crippen molar-refractivity contribution in [3.63, 3.8) is 0 Å². The van der Waals surface area contributed by atoms with Gasteiger partial charge in [-0.25, -0.2) is 0 Å². The summed E-state index contributed by atoms with van der Waals surface area (Å²) in [5.74, 6) is 0.196. The molecule has 2 N–H and O–H groups in total. The third kappa shape index (κ3) is 6.51. The van der Waals surface area contributed by atoms with Crippen molar-refractivity contribution in [2.75, 3.05) is 50.9 Å². The van der Waals surface area contributed by atoms with Gasteiger partial charge in [0.1, 0.15) is 0 Å². The molecule has 0 spiro atoms. The quantitative estimate of drug-likeness (QED) is 0.672. The maximum Gasteiger partial charge on any atom is 0.255 e. The molecule has 4 rings (SSSR count). The third-order valence-electron chi connectivity index (χ3n) is 4.53. The summed E-state index contributed by atoms with van der Waals surface area (Å²) in [6.45, 7) is 11.2. The van der Waals surface area contributed by atoms with Crippen molar-refractivity contribution in [1.29, 1.82) is 0 Å². The van der Waals surface area contributed by atoms with Crippen LogP contribution in [-0.4, -0.2) is 61.9 Å². The van der Waals surface area contributed by atoms with E-state index in [0.29, 0.717) is 0 Å². The Balaban J connectivity index is 0.000000258. The normalized spacial score (nSPS) is 14.3. The van der Waals surface area contributed by atoms with Gasteiger partial charge in [-0.2, -0.15) is 0 Å². The van der Waals surface area contributed by atoms with Gasteiger partial charge in [0.05, 0.1) is 11.1 Å². The second kappa shape index (κ2) is 13.2. The molecule has 2 aliphatic heterocycles. The molecule has 30 heavy (non-hydrogen) atoms. The number of amides is 2. The van der Waals surface area contributed by atoms with E-state index in [0.717, 1.165) is 48.7 Å². The summed E-state index contributed by atoms with van der Waals surface area (Å²) in [6.07, 6.45) is 0. The van der Waals surface area contributed by atoms with E-state index in [9.17, 15) is 9.59 Å². The summed E-state index contributed by atoms with van der Waals surface area (Å²) < 4.78 is 0. The van der Waals surface area contributed by atoms with Crippen molar-refractivity contribution in [2.45, 2.75) is 27.7 Å². The predicted molar refractivity (Wildman–Crippen MR) is 126 cm³/mol. The van der Waals surface area contributed by atoms with Gasteiger partial charge in [-0.15, -0.1) is 0 Å². The average Bonchev–Trinajstić information content (AvgIpc) is 3.04. The number of hydrogen-bond donors (Lipinski definition) is 2. The van der Waals surface area contributed by atoms with Crippen LogP contribution in [0.4, 0.5) is 11.4 Å². The number of rotatable bonds is 0. The van der Waals surface area contributed by atoms with Crippen LogP contribution in [0.2, 0.25) is 0 Å². The molecule has 0 radical (unpaired) electrons. The highest BCUT2D eigenvalue weighted by Gasteiger charge is 2.18. The van der Waals surface area contributed by atoms with E-state index in [2.05, 4.69) is 10.6 Å². The summed E-state index contributed by atoms with van der Waals surface area (Å²) in [7, 11) is 3.65. The number of carbonyl (C=O) groups is 2. The third-order valence-corrected chi connectivity index (χ3v) is 4.53. The Morgan fingerprint density at radius 2 is 0.967 bits per heavy atom. The summed E-state index contributed by atoms with van der Waals surface area (Å²) >= 11 is 0. The van der Waals surface area contributed by atoms with Gasteiger partial charge in [-0.1, -0.05) is 52.0 Å². The molecule has 0 saturated heterocycles. The lowest BCUT2D eigenvalue weighted by molar-refractivity contribution is 0.0798. The molecule has 0 aromatic heterocycles. The summed E-state index contributed by atoms with van der Waals surface area (Å²) in [5, 5.41) is 6.45. The van der Waals surface area contributed by atoms with E-state index in [1.165, 1.54) is 0 Å². The molecule has 0 unspecified atom stereocenters. The van der Waals surface area contributed by atoms with Gasteiger partial charge in [0, 0.05) is 51.6 Å². The van der Waals surface area contributed by atoms with Crippen LogP contribution < -0.4 is 10.6 Å². The largest absolute Gasteiger partial charge is 0.383 e. The topological polar surface area (TPSA) is 64.7 Å². The highest BCUT2D eigenvalue weighted by molar-refractivity contribution is 6.00. The standard InChI is InChI=1S/2C10H12N2O.2C2H6/c2*1-12-7-6-11-9-5-3-2-4-8(9)10(12)13;2*1-2/h2*2-5,11H,6-7H2,1H3;2*1-2H3. The minimum absolute atomic E-state index is 0.0978. The second-order valence-electron chi connectivity index (χ2n) is 6.40. The predicted octanol–water partition coefficient (Wildman–Crippen LogP) is 4.42. The smallest absolute Gasteiger partial charge is 0.255 e. The summed E-state index contributed by atoms with van der Waals surface area (Å²) in [6, 6.07) is 15.2. The fourth-order valence-corrected chi connectivity index (χ4v) is 2.98. The van der Waals surface area contributed by atoms with Crippen molar-refractivity contribution < 1.29 is 9.59 Å². The maximum absolute atomic E-state index is 11.7. The first-order chi connectivity index (χ1) is 14.6. The molecule has 2 aromatic carbocycles. The molecule has 2 aliphatic rings. The lowest BCUT2D eigenvalue weighted by Gasteiger charge is -2.12. The van der Waals surface area contributed by atoms with Crippen LogP contribution in [0.5, 0.6) is 0 Å². The van der Waals surface area contributed by atoms with Gasteiger partial charge in [-0.05, 0) is 24.3 Å². The van der Waals surface area contributed by atoms with Crippen molar-refractivity contribution in [3.8, 4) is 0 Å². The Morgan fingerprint density at radius 1 is 0.633 bits per heavy atom. The molecule has 6 nitrogen and oxygen atoms in total. The Kier molecular flexibility index (Phi) is 11.0. The lowest BCUT2D eigenvalue weighted by atomic mass is 10.1. The molecule has 6 heteroatoms. The fraction of sp³-hybridized carbons (Fsp3) is 0.417. The zero-order chi connectivity index (χ0) is 22.5. The molecule has 0 bridgehead atoms. The van der Waals surface area contributed by atoms with Crippen LogP contribution in [-0.2, 0) is 0 Å². The number of hydrogen-bond acceptors (Lipinski definition) is 4. The molecule has 2 amide bonds. The fourth-order valence-electron chi connectivity index (χ4n) is 2.98. The Hall–Kier alpha value is -3.02. The van der Waals surface area contributed by atoms with Gasteiger partial charge in [-0.3, -0.25) is 9.59 Å². The van der Waals surface area contributed by atoms with Gasteiger partial charge in [0.15, 0.2) is 0 Å². The van der Waals surface area contributed by atoms with E-state index in [-0.39, 0.29) is 11.8 Å². The monoisotopic (exact) mass is 412 g/mol. The number of carbonyl (C=O) groups excluding carboxylic acids is 2. The molecular formula is C24H36N4O2. The van der Waals surface area contributed by atoms with Crippen LogP contribution in [0.25, 0.3) is 0 Å². The zero-order valence-corrected chi connectivity index (χ0v) is 19.2. The number of nitrogens with zero attached hydrogens (tertiary/aromatic N) is 2. The molecule has 0 saturated carbocycles. The van der Waals surface area contributed by atoms with Crippen LogP contribution in [0.3, 0.4) is 0 Å². The molecule has 0 fully saturated rings. The first kappa shape index (κ1) is 25.0. The van der Waals surface area contributed by atoms with Gasteiger partial charge >= 0.3 is 0 Å². The lowest BCUT2D eigenvalue weighted by Crippen LogP contribution is -2.27. The zero-order valence-electron chi connectivity index (χ0n) is 19.2. The van der Waals surface area contributed by atoms with Crippen LogP contribution in [0, 0.1) is 0 Å². The second-order valence-corrected chi connectivity index (χ2v) is 6.40. The van der Waals surface area contributed by atoms with Crippen molar-refractivity contribution in [2.24, 2.45) is 0 Å². The first-order valence-electron chi connectivity index (χ1n) is 10.7. The van der Waals surface area contributed by atoms with E-state index in [4.69, 9.17) is 0 Å². The van der Waals surface area contributed by atoms with Crippen molar-refractivity contribution >= 4 is 23.2 Å². The van der Waals surface area contributed by atoms with Crippen LogP contribution >= 0.6 is 0 Å². The number of anilines is 2. The Labute approximate surface area is 181 Å². The summed E-state index contributed by atoms with van der Waals surface area (Å²) in [4.78, 5) is 26.9. The molecule has 2 heterocycles. The van der Waals surface area contributed by atoms with E-state index >= 15 is 0 Å². The minimum Gasteiger partial charge on any atom is -0.383 e. The van der Waals surface area contributed by atoms with Crippen molar-refractivity contribution in [3.05, 3.63) is 59.7 Å². The number of fused-ring (bicyclic) bond motifs is 2. The molecule has 164 valence electrons. The highest BCUT2D eigenvalue weighted by Crippen LogP contribution is 2.19. The number of benzene rings is 2. The highest BCUT2D eigenvalue weighted by atomic mass is 16.2. The van der Waals surface area contributed by atoms with Crippen LogP contribution in [0.1, 0.15) is 48.4 Å². The molecular weight excluding hydrogens is 376 g/mol. The van der Waals surface area contributed by atoms with Gasteiger partial charge in [0.2, 0.25) is 0 Å². The summed E-state index contributed by atoms with van der Waals surface area (Å²) in [5.41, 5.74) is 3.42. The first-order valence-corrected chi connectivity index (χ1v) is 10.7. The average molecular weight is 413 g/mol. The minimum atomic E-state index is 0.0978. The number of nitrogens with one attached hydrogen (secondary N) is 2. The maximum atomic E-state index is 11.7. The van der Waals surface area contributed by atoms with E-state index in [1.54, 1.807) is 9.80 Å². The van der Waals surface area contributed by atoms with E-state index in [1.807, 2.05) is 90.3 Å². The van der Waals surface area contributed by atoms with Crippen molar-refractivity contribution in [1.82, 2.24) is 9.80 Å². The van der Waals surface area contributed by atoms with Crippen LogP contribution in [0.15, 0.2) is 48.5 Å². The molecule has 0 aliphatic carbocycles.